The van der Waals surface area contributed by atoms with E-state index < -0.39 is 18.7 Å². The van der Waals surface area contributed by atoms with Crippen molar-refractivity contribution < 1.29 is 32.5 Å². The summed E-state index contributed by atoms with van der Waals surface area (Å²) in [5.41, 5.74) is 2.62. The van der Waals surface area contributed by atoms with Crippen LogP contribution in [0.5, 0.6) is 11.6 Å². The van der Waals surface area contributed by atoms with Gasteiger partial charge in [-0.05, 0) is 37.3 Å². The summed E-state index contributed by atoms with van der Waals surface area (Å²) in [7, 11) is 3.39. The molecule has 0 amide bonds. The van der Waals surface area contributed by atoms with E-state index in [-0.39, 0.29) is 23.1 Å². The summed E-state index contributed by atoms with van der Waals surface area (Å²) in [6.07, 6.45) is -1.60. The Balaban J connectivity index is 1.06. The van der Waals surface area contributed by atoms with Crippen LogP contribution in [0.3, 0.4) is 0 Å². The Morgan fingerprint density at radius 3 is 2.69 bits per heavy atom. The van der Waals surface area contributed by atoms with Gasteiger partial charge in [0.25, 0.3) is 5.88 Å². The second-order valence-corrected chi connectivity index (χ2v) is 12.6. The molecule has 4 atom stereocenters. The van der Waals surface area contributed by atoms with Gasteiger partial charge in [-0.1, -0.05) is 24.3 Å². The number of aliphatic hydroxyl groups is 1. The van der Waals surface area contributed by atoms with Crippen LogP contribution in [0.4, 0.5) is 19.0 Å². The summed E-state index contributed by atoms with van der Waals surface area (Å²) in [6.45, 7) is 1.87. The van der Waals surface area contributed by atoms with Gasteiger partial charge in [-0.2, -0.15) is 13.2 Å². The molecule has 1 saturated carbocycles. The number of nitrogens with one attached hydrogen (secondary N) is 1. The summed E-state index contributed by atoms with van der Waals surface area (Å²) in [4.78, 5) is 11.1. The first kappa shape index (κ1) is 31.4. The van der Waals surface area contributed by atoms with Gasteiger partial charge in [-0.15, -0.1) is 21.5 Å². The van der Waals surface area contributed by atoms with Crippen molar-refractivity contribution in [2.75, 3.05) is 32.3 Å². The third-order valence-electron chi connectivity index (χ3n) is 8.25. The van der Waals surface area contributed by atoms with E-state index in [2.05, 4.69) is 25.5 Å². The van der Waals surface area contributed by atoms with E-state index in [0.717, 1.165) is 41.9 Å². The van der Waals surface area contributed by atoms with E-state index in [1.165, 1.54) is 12.4 Å². The molecule has 0 unspecified atom stereocenters. The van der Waals surface area contributed by atoms with E-state index in [4.69, 9.17) is 14.2 Å². The molecule has 45 heavy (non-hydrogen) atoms. The fourth-order valence-corrected chi connectivity index (χ4v) is 6.96. The van der Waals surface area contributed by atoms with E-state index >= 15 is 0 Å². The fourth-order valence-electron chi connectivity index (χ4n) is 5.94. The van der Waals surface area contributed by atoms with Crippen LogP contribution in [0, 0.1) is 0 Å². The molecule has 14 heteroatoms. The van der Waals surface area contributed by atoms with Gasteiger partial charge in [-0.3, -0.25) is 0 Å². The highest BCUT2D eigenvalue weighted by atomic mass is 32.1. The number of ether oxygens (including phenoxy) is 3. The maximum atomic E-state index is 13.0. The number of nitrogens with zero attached hydrogens (tertiary/aromatic N) is 5. The molecule has 4 aromatic rings. The Morgan fingerprint density at radius 2 is 1.96 bits per heavy atom. The van der Waals surface area contributed by atoms with Crippen LogP contribution in [0.25, 0.3) is 21.5 Å². The summed E-state index contributed by atoms with van der Waals surface area (Å²) in [5, 5.41) is 23.7. The van der Waals surface area contributed by atoms with E-state index in [1.807, 2.05) is 42.3 Å². The normalized spacial score (nSPS) is 22.1. The summed E-state index contributed by atoms with van der Waals surface area (Å²) < 4.78 is 55.9. The van der Waals surface area contributed by atoms with Crippen molar-refractivity contribution in [2.45, 2.75) is 69.1 Å². The van der Waals surface area contributed by atoms with E-state index in [1.54, 1.807) is 7.11 Å². The molecule has 2 fully saturated rings. The zero-order valence-electron chi connectivity index (χ0n) is 25.0. The molecule has 1 saturated heterocycles. The largest absolute Gasteiger partial charge is 0.491 e. The Labute approximate surface area is 262 Å². The standard InChI is InChI=1S/C31H35F3N6O4S/c1-40(28-23-12-22(14-31(32,33)34)45-30(23)37-17-36-28)25-10-20(11-26(25)41)35-15-18-5-7-19(8-6-18)24-13-27(42-2)29(39-38-24)44-21-4-3-9-43-16-21/h5-8,12-13,17,20-21,25-26,35,41H,3-4,9-11,14-16H2,1-2H3/t20-,21-,25+,26-/m1/s1. The quantitative estimate of drug-likeness (QED) is 0.246. The average molecular weight is 645 g/mol. The van der Waals surface area contributed by atoms with Gasteiger partial charge >= 0.3 is 6.18 Å². The molecule has 1 aromatic carbocycles. The van der Waals surface area contributed by atoms with Crippen LogP contribution in [0.15, 0.2) is 42.7 Å². The fraction of sp³-hybridized carbons (Fsp3) is 0.484. The van der Waals surface area contributed by atoms with Crippen LogP contribution in [-0.4, -0.2) is 83.1 Å². The van der Waals surface area contributed by atoms with Gasteiger partial charge in [0, 0.05) is 42.7 Å². The molecule has 0 bridgehead atoms. The van der Waals surface area contributed by atoms with Crippen molar-refractivity contribution in [3.8, 4) is 22.9 Å². The van der Waals surface area contributed by atoms with Crippen LogP contribution in [0.2, 0.25) is 0 Å². The van der Waals surface area contributed by atoms with Crippen molar-refractivity contribution in [3.63, 3.8) is 0 Å². The van der Waals surface area contributed by atoms with Crippen molar-refractivity contribution in [2.24, 2.45) is 0 Å². The van der Waals surface area contributed by atoms with E-state index in [9.17, 15) is 18.3 Å². The molecule has 2 N–H and O–H groups in total. The van der Waals surface area contributed by atoms with Gasteiger partial charge in [0.1, 0.15) is 23.1 Å². The number of rotatable bonds is 10. The first-order valence-corrected chi connectivity index (χ1v) is 15.7. The van der Waals surface area contributed by atoms with Crippen LogP contribution in [0.1, 0.15) is 36.1 Å². The minimum Gasteiger partial charge on any atom is -0.491 e. The second-order valence-electron chi connectivity index (χ2n) is 11.5. The number of methoxy groups -OCH3 is 1. The molecule has 4 heterocycles. The summed E-state index contributed by atoms with van der Waals surface area (Å²) in [6, 6.07) is 11.1. The molecular weight excluding hydrogens is 609 g/mol. The topological polar surface area (TPSA) is 115 Å². The van der Waals surface area contributed by atoms with Crippen molar-refractivity contribution in [1.29, 1.82) is 0 Å². The number of anilines is 1. The second kappa shape index (κ2) is 13.4. The average Bonchev–Trinajstić information content (AvgIpc) is 3.61. The number of aliphatic hydroxyl groups excluding tert-OH is 1. The molecule has 240 valence electrons. The predicted molar refractivity (Wildman–Crippen MR) is 164 cm³/mol. The highest BCUT2D eigenvalue weighted by molar-refractivity contribution is 7.18. The van der Waals surface area contributed by atoms with Crippen molar-refractivity contribution in [3.05, 3.63) is 53.2 Å². The maximum Gasteiger partial charge on any atom is 0.393 e. The van der Waals surface area contributed by atoms with Gasteiger partial charge in [0.05, 0.1) is 43.4 Å². The Bertz CT molecular complexity index is 1600. The highest BCUT2D eigenvalue weighted by Gasteiger charge is 2.37. The zero-order valence-corrected chi connectivity index (χ0v) is 25.8. The van der Waals surface area contributed by atoms with Gasteiger partial charge in [0.2, 0.25) is 0 Å². The summed E-state index contributed by atoms with van der Waals surface area (Å²) in [5.74, 6) is 1.39. The van der Waals surface area contributed by atoms with Crippen LogP contribution >= 0.6 is 11.3 Å². The van der Waals surface area contributed by atoms with Gasteiger partial charge in [-0.25, -0.2) is 9.97 Å². The number of halogens is 3. The lowest BCUT2D eigenvalue weighted by atomic mass is 10.1. The Morgan fingerprint density at radius 1 is 1.13 bits per heavy atom. The monoisotopic (exact) mass is 644 g/mol. The molecular formula is C31H35F3N6O4S. The minimum absolute atomic E-state index is 0.0463. The lowest BCUT2D eigenvalue weighted by molar-refractivity contribution is -0.126. The Kier molecular flexibility index (Phi) is 9.36. The van der Waals surface area contributed by atoms with Crippen molar-refractivity contribution in [1.82, 2.24) is 25.5 Å². The number of aromatic nitrogens is 4. The molecule has 3 aromatic heterocycles. The molecule has 2 aliphatic rings. The maximum absolute atomic E-state index is 13.0. The lowest BCUT2D eigenvalue weighted by Gasteiger charge is -2.28. The molecule has 6 rings (SSSR count). The number of hydrogen-bond donors (Lipinski definition) is 2. The molecule has 10 nitrogen and oxygen atoms in total. The number of benzene rings is 1. The van der Waals surface area contributed by atoms with Gasteiger partial charge < -0.3 is 29.5 Å². The molecule has 0 radical (unpaired) electrons. The number of thiophene rings is 1. The minimum atomic E-state index is -4.30. The third-order valence-corrected chi connectivity index (χ3v) is 9.29. The molecule has 0 spiro atoms. The Hall–Kier alpha value is -3.59. The predicted octanol–water partition coefficient (Wildman–Crippen LogP) is 4.94. The number of alkyl halides is 3. The van der Waals surface area contributed by atoms with Crippen LogP contribution in [-0.2, 0) is 17.7 Å². The number of likely N-dealkylation sites (N-methyl/N-ethyl adjacent to an activating group) is 1. The summed E-state index contributed by atoms with van der Waals surface area (Å²) >= 11 is 1.02. The lowest BCUT2D eigenvalue weighted by Crippen LogP contribution is -2.38. The third kappa shape index (κ3) is 7.46. The zero-order chi connectivity index (χ0) is 31.6. The first-order valence-electron chi connectivity index (χ1n) is 14.9. The van der Waals surface area contributed by atoms with Crippen molar-refractivity contribution >= 4 is 27.4 Å². The van der Waals surface area contributed by atoms with Gasteiger partial charge in [0.15, 0.2) is 5.75 Å². The van der Waals surface area contributed by atoms with E-state index in [0.29, 0.717) is 59.4 Å². The molecule has 1 aliphatic heterocycles. The smallest absolute Gasteiger partial charge is 0.393 e. The van der Waals surface area contributed by atoms with Crippen LogP contribution < -0.4 is 19.7 Å². The number of fused-ring (bicyclic) bond motifs is 1. The number of hydrogen-bond acceptors (Lipinski definition) is 11. The SMILES string of the molecule is COc1cc(-c2ccc(CN[C@H]3C[C@@H](O)[C@@H](N(C)c4ncnc5sc(CC(F)(F)F)cc45)C3)cc2)nnc1O[C@@H]1CCCOC1. The highest BCUT2D eigenvalue weighted by Crippen LogP contribution is 2.36. The molecule has 1 aliphatic carbocycles. The first-order chi connectivity index (χ1) is 21.7.